The van der Waals surface area contributed by atoms with Crippen LogP contribution in [-0.2, 0) is 17.9 Å². The van der Waals surface area contributed by atoms with E-state index < -0.39 is 0 Å². The topological polar surface area (TPSA) is 99.0 Å². The minimum Gasteiger partial charge on any atom is -0.493 e. The van der Waals surface area contributed by atoms with Crippen LogP contribution in [0.2, 0.25) is 0 Å². The first kappa shape index (κ1) is 24.5. The highest BCUT2D eigenvalue weighted by molar-refractivity contribution is 5.79. The van der Waals surface area contributed by atoms with Crippen LogP contribution in [0.25, 0.3) is 11.4 Å². The molecule has 1 atom stereocenters. The molecular formula is C25H29FN4O5. The third-order valence-electron chi connectivity index (χ3n) is 6.04. The first-order valence-corrected chi connectivity index (χ1v) is 11.4. The summed E-state index contributed by atoms with van der Waals surface area (Å²) in [5.74, 6) is 1.95. The molecule has 1 unspecified atom stereocenters. The molecule has 1 N–H and O–H groups in total. The van der Waals surface area contributed by atoms with Crippen molar-refractivity contribution in [3.05, 3.63) is 53.7 Å². The zero-order valence-electron chi connectivity index (χ0n) is 20.0. The highest BCUT2D eigenvalue weighted by atomic mass is 19.1. The number of nitrogens with one attached hydrogen (secondary N) is 1. The summed E-state index contributed by atoms with van der Waals surface area (Å²) in [5.41, 5.74) is 1.48. The summed E-state index contributed by atoms with van der Waals surface area (Å²) in [5, 5.41) is 7.02. The van der Waals surface area contributed by atoms with Crippen LogP contribution in [-0.4, -0.2) is 55.4 Å². The molecule has 4 rings (SSSR count). The Kier molecular flexibility index (Phi) is 7.81. The summed E-state index contributed by atoms with van der Waals surface area (Å²) in [7, 11) is 4.66. The summed E-state index contributed by atoms with van der Waals surface area (Å²) in [6, 6.07) is 9.57. The van der Waals surface area contributed by atoms with E-state index in [1.165, 1.54) is 12.1 Å². The number of piperidine rings is 1. The van der Waals surface area contributed by atoms with Gasteiger partial charge in [-0.15, -0.1) is 0 Å². The van der Waals surface area contributed by atoms with E-state index in [1.807, 2.05) is 6.07 Å². The van der Waals surface area contributed by atoms with E-state index in [4.69, 9.17) is 18.7 Å². The van der Waals surface area contributed by atoms with Crippen LogP contribution in [0.3, 0.4) is 0 Å². The fourth-order valence-corrected chi connectivity index (χ4v) is 4.27. The van der Waals surface area contributed by atoms with E-state index in [-0.39, 0.29) is 17.6 Å². The normalized spacial score (nSPS) is 16.1. The molecule has 3 aromatic rings. The van der Waals surface area contributed by atoms with Gasteiger partial charge < -0.3 is 24.1 Å². The second-order valence-electron chi connectivity index (χ2n) is 8.30. The number of aromatic nitrogens is 2. The van der Waals surface area contributed by atoms with Crippen molar-refractivity contribution in [1.82, 2.24) is 20.4 Å². The molecule has 10 heteroatoms. The van der Waals surface area contributed by atoms with E-state index >= 15 is 0 Å². The summed E-state index contributed by atoms with van der Waals surface area (Å²) >= 11 is 0. The maximum absolute atomic E-state index is 13.2. The monoisotopic (exact) mass is 484 g/mol. The first-order valence-electron chi connectivity index (χ1n) is 11.4. The number of ether oxygens (including phenoxy) is 3. The van der Waals surface area contributed by atoms with Crippen molar-refractivity contribution in [2.24, 2.45) is 5.92 Å². The molecule has 0 radical (unpaired) electrons. The number of halogens is 1. The van der Waals surface area contributed by atoms with Crippen LogP contribution in [0.1, 0.15) is 24.3 Å². The number of benzene rings is 2. The van der Waals surface area contributed by atoms with Crippen molar-refractivity contribution in [1.29, 1.82) is 0 Å². The lowest BCUT2D eigenvalue weighted by Gasteiger charge is -2.31. The van der Waals surface area contributed by atoms with Crippen molar-refractivity contribution in [3.63, 3.8) is 0 Å². The molecule has 186 valence electrons. The van der Waals surface area contributed by atoms with E-state index in [0.717, 1.165) is 24.9 Å². The van der Waals surface area contributed by atoms with Gasteiger partial charge in [-0.2, -0.15) is 4.98 Å². The lowest BCUT2D eigenvalue weighted by atomic mass is 9.97. The second-order valence-corrected chi connectivity index (χ2v) is 8.30. The van der Waals surface area contributed by atoms with Gasteiger partial charge in [-0.25, -0.2) is 4.39 Å². The van der Waals surface area contributed by atoms with Gasteiger partial charge >= 0.3 is 0 Å². The molecule has 1 aromatic heterocycles. The SMILES string of the molecule is COc1ccc(CNC(=O)C2CCCN(Cc3nc(-c4ccc(F)cc4)no3)C2)c(OC)c1OC. The highest BCUT2D eigenvalue weighted by Gasteiger charge is 2.27. The van der Waals surface area contributed by atoms with Crippen molar-refractivity contribution in [3.8, 4) is 28.6 Å². The second kappa shape index (κ2) is 11.2. The summed E-state index contributed by atoms with van der Waals surface area (Å²) in [6.45, 7) is 2.18. The lowest BCUT2D eigenvalue weighted by molar-refractivity contribution is -0.127. The van der Waals surface area contributed by atoms with Crippen LogP contribution < -0.4 is 19.5 Å². The van der Waals surface area contributed by atoms with Gasteiger partial charge in [0.2, 0.25) is 23.4 Å². The number of hydrogen-bond acceptors (Lipinski definition) is 8. The molecule has 1 fully saturated rings. The first-order chi connectivity index (χ1) is 17.0. The van der Waals surface area contributed by atoms with Crippen molar-refractivity contribution in [2.75, 3.05) is 34.4 Å². The minimum atomic E-state index is -0.320. The molecule has 0 saturated carbocycles. The van der Waals surface area contributed by atoms with E-state index in [2.05, 4.69) is 20.4 Å². The molecule has 1 amide bonds. The molecular weight excluding hydrogens is 455 g/mol. The van der Waals surface area contributed by atoms with Crippen LogP contribution >= 0.6 is 0 Å². The zero-order valence-corrected chi connectivity index (χ0v) is 20.0. The minimum absolute atomic E-state index is 0.0240. The number of methoxy groups -OCH3 is 3. The largest absolute Gasteiger partial charge is 0.493 e. The number of nitrogens with zero attached hydrogens (tertiary/aromatic N) is 3. The maximum atomic E-state index is 13.2. The van der Waals surface area contributed by atoms with Crippen LogP contribution in [0.15, 0.2) is 40.9 Å². The maximum Gasteiger partial charge on any atom is 0.241 e. The third-order valence-corrected chi connectivity index (χ3v) is 6.04. The number of hydrogen-bond donors (Lipinski definition) is 1. The van der Waals surface area contributed by atoms with Gasteiger partial charge in [-0.1, -0.05) is 5.16 Å². The molecule has 0 bridgehead atoms. The van der Waals surface area contributed by atoms with E-state index in [9.17, 15) is 9.18 Å². The quantitative estimate of drug-likeness (QED) is 0.493. The van der Waals surface area contributed by atoms with Crippen LogP contribution in [0.5, 0.6) is 17.2 Å². The number of amides is 1. The molecule has 9 nitrogen and oxygen atoms in total. The van der Waals surface area contributed by atoms with Gasteiger partial charge in [-0.05, 0) is 55.8 Å². The van der Waals surface area contributed by atoms with Gasteiger partial charge in [0, 0.05) is 24.2 Å². The Balaban J connectivity index is 1.35. The van der Waals surface area contributed by atoms with Crippen molar-refractivity contribution < 1.29 is 27.9 Å². The number of carbonyl (C=O) groups excluding carboxylic acids is 1. The van der Waals surface area contributed by atoms with Gasteiger partial charge in [0.05, 0.1) is 33.8 Å². The highest BCUT2D eigenvalue weighted by Crippen LogP contribution is 2.39. The van der Waals surface area contributed by atoms with Gasteiger partial charge in [0.15, 0.2) is 11.5 Å². The number of carbonyl (C=O) groups is 1. The molecule has 2 heterocycles. The summed E-state index contributed by atoms with van der Waals surface area (Å²) in [6.07, 6.45) is 1.69. The zero-order chi connectivity index (χ0) is 24.8. The smallest absolute Gasteiger partial charge is 0.241 e. The van der Waals surface area contributed by atoms with Gasteiger partial charge in [0.1, 0.15) is 5.82 Å². The molecule has 1 saturated heterocycles. The molecule has 0 spiro atoms. The Morgan fingerprint density at radius 2 is 1.89 bits per heavy atom. The number of rotatable bonds is 9. The average molecular weight is 485 g/mol. The Hall–Kier alpha value is -3.66. The Labute approximate surface area is 203 Å². The Morgan fingerprint density at radius 1 is 1.11 bits per heavy atom. The lowest BCUT2D eigenvalue weighted by Crippen LogP contribution is -2.42. The average Bonchev–Trinajstić information content (AvgIpc) is 3.35. The van der Waals surface area contributed by atoms with E-state index in [0.29, 0.717) is 54.2 Å². The Bertz CT molecular complexity index is 1150. The Morgan fingerprint density at radius 3 is 2.60 bits per heavy atom. The molecule has 1 aliphatic rings. The molecule has 1 aliphatic heterocycles. The standard InChI is InChI=1S/C25H29FN4O5/c1-32-20-11-8-17(22(33-2)23(20)34-3)13-27-25(31)18-5-4-12-30(14-18)15-21-28-24(29-35-21)16-6-9-19(26)10-7-16/h6-11,18H,4-5,12-15H2,1-3H3,(H,27,31). The number of likely N-dealkylation sites (tertiary alicyclic amines) is 1. The third kappa shape index (κ3) is 5.71. The summed E-state index contributed by atoms with van der Waals surface area (Å²) in [4.78, 5) is 19.5. The van der Waals surface area contributed by atoms with Crippen LogP contribution in [0, 0.1) is 11.7 Å². The fourth-order valence-electron chi connectivity index (χ4n) is 4.27. The van der Waals surface area contributed by atoms with Gasteiger partial charge in [0.25, 0.3) is 0 Å². The van der Waals surface area contributed by atoms with E-state index in [1.54, 1.807) is 39.5 Å². The molecule has 2 aromatic carbocycles. The van der Waals surface area contributed by atoms with Crippen LogP contribution in [0.4, 0.5) is 4.39 Å². The van der Waals surface area contributed by atoms with Gasteiger partial charge in [-0.3, -0.25) is 9.69 Å². The molecule has 0 aliphatic carbocycles. The summed E-state index contributed by atoms with van der Waals surface area (Å²) < 4.78 is 34.8. The van der Waals surface area contributed by atoms with Crippen molar-refractivity contribution >= 4 is 5.91 Å². The predicted octanol–water partition coefficient (Wildman–Crippen LogP) is 3.43. The fraction of sp³-hybridized carbons (Fsp3) is 0.400. The molecule has 35 heavy (non-hydrogen) atoms. The predicted molar refractivity (Wildman–Crippen MR) is 126 cm³/mol. The van der Waals surface area contributed by atoms with Crippen molar-refractivity contribution in [2.45, 2.75) is 25.9 Å².